The number of aldehydes is 1. The molecule has 0 aliphatic heterocycles. The molecular formula is C20H24O5. The molecule has 134 valence electrons. The number of carbonyl (C=O) groups is 3. The second-order valence-electron chi connectivity index (χ2n) is 7.53. The number of carboxylic acids is 1. The number of carboxylic acid groups (broad SMARTS) is 1. The van der Waals surface area contributed by atoms with Crippen LogP contribution in [0.4, 0.5) is 0 Å². The van der Waals surface area contributed by atoms with Gasteiger partial charge in [-0.1, -0.05) is 6.07 Å². The van der Waals surface area contributed by atoms with Crippen LogP contribution in [-0.2, 0) is 20.8 Å². The number of carbonyl (C=O) groups excluding carboxylic acids is 2. The van der Waals surface area contributed by atoms with Gasteiger partial charge in [0.05, 0.1) is 5.41 Å². The van der Waals surface area contributed by atoms with E-state index in [1.807, 2.05) is 18.2 Å². The van der Waals surface area contributed by atoms with Gasteiger partial charge in [0.25, 0.3) is 0 Å². The van der Waals surface area contributed by atoms with Crippen molar-refractivity contribution in [3.05, 3.63) is 29.3 Å². The lowest BCUT2D eigenvalue weighted by Gasteiger charge is -2.49. The monoisotopic (exact) mass is 344 g/mol. The van der Waals surface area contributed by atoms with E-state index in [2.05, 4.69) is 0 Å². The normalized spacial score (nSPS) is 30.7. The lowest BCUT2D eigenvalue weighted by Crippen LogP contribution is -2.47. The SMILES string of the molecule is CC(=O)Oc1ccc2c(c1)CC[C@H]1[C@@H]2CC[C@@](C)(C(=O)O)[C@H]1CC=O. The minimum Gasteiger partial charge on any atom is -0.481 e. The summed E-state index contributed by atoms with van der Waals surface area (Å²) in [6.07, 6.45) is 4.23. The number of fused-ring (bicyclic) bond motifs is 3. The van der Waals surface area contributed by atoms with E-state index in [0.717, 1.165) is 25.5 Å². The molecule has 2 aliphatic rings. The molecule has 1 aromatic rings. The van der Waals surface area contributed by atoms with Crippen LogP contribution in [0.3, 0.4) is 0 Å². The van der Waals surface area contributed by atoms with Crippen LogP contribution in [0, 0.1) is 17.3 Å². The third-order valence-corrected chi connectivity index (χ3v) is 6.19. The number of benzene rings is 1. The molecule has 1 fully saturated rings. The minimum atomic E-state index is -0.836. The van der Waals surface area contributed by atoms with Gasteiger partial charge in [-0.2, -0.15) is 0 Å². The van der Waals surface area contributed by atoms with Crippen molar-refractivity contribution < 1.29 is 24.2 Å². The van der Waals surface area contributed by atoms with Crippen LogP contribution in [0.15, 0.2) is 18.2 Å². The molecule has 1 saturated carbocycles. The molecule has 0 unspecified atom stereocenters. The van der Waals surface area contributed by atoms with Gasteiger partial charge in [-0.3, -0.25) is 9.59 Å². The third kappa shape index (κ3) is 3.08. The summed E-state index contributed by atoms with van der Waals surface area (Å²) in [4.78, 5) is 34.2. The van der Waals surface area contributed by atoms with Gasteiger partial charge < -0.3 is 14.6 Å². The van der Waals surface area contributed by atoms with Gasteiger partial charge in [-0.05, 0) is 73.6 Å². The number of rotatable bonds is 4. The van der Waals surface area contributed by atoms with Crippen LogP contribution in [0.25, 0.3) is 0 Å². The fourth-order valence-electron chi connectivity index (χ4n) is 4.91. The first-order chi connectivity index (χ1) is 11.9. The first kappa shape index (κ1) is 17.6. The van der Waals surface area contributed by atoms with E-state index >= 15 is 0 Å². The Morgan fingerprint density at radius 2 is 2.12 bits per heavy atom. The number of aliphatic carboxylic acids is 1. The third-order valence-electron chi connectivity index (χ3n) is 6.19. The van der Waals surface area contributed by atoms with Crippen molar-refractivity contribution in [3.8, 4) is 5.75 Å². The van der Waals surface area contributed by atoms with Crippen molar-refractivity contribution in [2.75, 3.05) is 0 Å². The summed E-state index contributed by atoms with van der Waals surface area (Å²) in [5.41, 5.74) is 1.55. The van der Waals surface area contributed by atoms with Crippen LogP contribution < -0.4 is 4.74 Å². The zero-order valence-corrected chi connectivity index (χ0v) is 14.7. The van der Waals surface area contributed by atoms with Gasteiger partial charge in [-0.25, -0.2) is 0 Å². The maximum atomic E-state index is 11.9. The maximum Gasteiger partial charge on any atom is 0.309 e. The molecule has 0 bridgehead atoms. The number of aryl methyl sites for hydroxylation is 1. The van der Waals surface area contributed by atoms with Gasteiger partial charge in [0, 0.05) is 13.3 Å². The van der Waals surface area contributed by atoms with Crippen LogP contribution in [0.5, 0.6) is 5.75 Å². The number of ether oxygens (including phenoxy) is 1. The molecule has 0 amide bonds. The first-order valence-electron chi connectivity index (χ1n) is 8.85. The average Bonchev–Trinajstić information content (AvgIpc) is 2.56. The Bertz CT molecular complexity index is 710. The van der Waals surface area contributed by atoms with Crippen LogP contribution >= 0.6 is 0 Å². The summed E-state index contributed by atoms with van der Waals surface area (Å²) in [7, 11) is 0. The molecule has 2 aliphatic carbocycles. The molecule has 0 saturated heterocycles. The second-order valence-corrected chi connectivity index (χ2v) is 7.53. The standard InChI is InChI=1S/C20H24O5/c1-12(22)25-14-4-6-15-13(11-14)3-5-17-16(15)7-9-20(2,19(23)24)18(17)8-10-21/h4,6,10-11,16-18H,3,5,7-9H2,1-2H3,(H,23,24)/t16-,17+,18+,20-/m1/s1. The van der Waals surface area contributed by atoms with E-state index in [1.165, 1.54) is 18.1 Å². The quantitative estimate of drug-likeness (QED) is 0.515. The molecule has 0 radical (unpaired) electrons. The van der Waals surface area contributed by atoms with Crippen molar-refractivity contribution in [2.24, 2.45) is 17.3 Å². The molecule has 0 heterocycles. The molecule has 1 N–H and O–H groups in total. The van der Waals surface area contributed by atoms with Crippen LogP contribution in [-0.4, -0.2) is 23.3 Å². The summed E-state index contributed by atoms with van der Waals surface area (Å²) in [5, 5.41) is 9.74. The Balaban J connectivity index is 1.93. The fraction of sp³-hybridized carbons (Fsp3) is 0.550. The molecule has 25 heavy (non-hydrogen) atoms. The Kier molecular flexibility index (Phi) is 4.67. The average molecular weight is 344 g/mol. The fourth-order valence-corrected chi connectivity index (χ4v) is 4.91. The molecular weight excluding hydrogens is 320 g/mol. The Labute approximate surface area is 147 Å². The molecule has 0 aromatic heterocycles. The smallest absolute Gasteiger partial charge is 0.309 e. The predicted molar refractivity (Wildman–Crippen MR) is 91.5 cm³/mol. The van der Waals surface area contributed by atoms with Crippen molar-refractivity contribution in [1.29, 1.82) is 0 Å². The van der Waals surface area contributed by atoms with Gasteiger partial charge in [-0.15, -0.1) is 0 Å². The van der Waals surface area contributed by atoms with E-state index in [1.54, 1.807) is 6.92 Å². The second kappa shape index (κ2) is 6.62. The highest BCUT2D eigenvalue weighted by atomic mass is 16.5. The minimum absolute atomic E-state index is 0.137. The van der Waals surface area contributed by atoms with Crippen LogP contribution in [0.1, 0.15) is 56.6 Å². The summed E-state index contributed by atoms with van der Waals surface area (Å²) in [6, 6.07) is 5.74. The van der Waals surface area contributed by atoms with Gasteiger partial charge in [0.1, 0.15) is 12.0 Å². The highest BCUT2D eigenvalue weighted by Crippen LogP contribution is 2.55. The molecule has 1 aromatic carbocycles. The van der Waals surface area contributed by atoms with E-state index in [-0.39, 0.29) is 23.7 Å². The van der Waals surface area contributed by atoms with Crippen molar-refractivity contribution in [2.45, 2.75) is 51.9 Å². The maximum absolute atomic E-state index is 11.9. The molecule has 5 nitrogen and oxygen atoms in total. The van der Waals surface area contributed by atoms with Crippen molar-refractivity contribution in [3.63, 3.8) is 0 Å². The first-order valence-corrected chi connectivity index (χ1v) is 8.85. The predicted octanol–water partition coefficient (Wildman–Crippen LogP) is 3.35. The highest BCUT2D eigenvalue weighted by molar-refractivity contribution is 5.75. The topological polar surface area (TPSA) is 80.7 Å². The van der Waals surface area contributed by atoms with Gasteiger partial charge in [0.15, 0.2) is 0 Å². The zero-order valence-electron chi connectivity index (χ0n) is 14.7. The lowest BCUT2D eigenvalue weighted by atomic mass is 9.54. The van der Waals surface area contributed by atoms with E-state index in [4.69, 9.17) is 4.74 Å². The molecule has 4 atom stereocenters. The molecule has 3 rings (SSSR count). The zero-order chi connectivity index (χ0) is 18.2. The van der Waals surface area contributed by atoms with E-state index in [0.29, 0.717) is 18.6 Å². The molecule has 0 spiro atoms. The van der Waals surface area contributed by atoms with Gasteiger partial charge in [0.2, 0.25) is 0 Å². The Hall–Kier alpha value is -2.17. The van der Waals surface area contributed by atoms with Gasteiger partial charge >= 0.3 is 11.9 Å². The summed E-state index contributed by atoms with van der Waals surface area (Å²) in [6.45, 7) is 3.17. The summed E-state index contributed by atoms with van der Waals surface area (Å²) >= 11 is 0. The largest absolute Gasteiger partial charge is 0.481 e. The molecule has 5 heteroatoms. The Morgan fingerprint density at radius 1 is 1.36 bits per heavy atom. The van der Waals surface area contributed by atoms with Crippen molar-refractivity contribution in [1.82, 2.24) is 0 Å². The number of hydrogen-bond acceptors (Lipinski definition) is 4. The highest BCUT2D eigenvalue weighted by Gasteiger charge is 2.51. The van der Waals surface area contributed by atoms with Crippen molar-refractivity contribution >= 4 is 18.2 Å². The van der Waals surface area contributed by atoms with Crippen LogP contribution in [0.2, 0.25) is 0 Å². The summed E-state index contributed by atoms with van der Waals surface area (Å²) < 4.78 is 5.18. The van der Waals surface area contributed by atoms with E-state index < -0.39 is 11.4 Å². The van der Waals surface area contributed by atoms with E-state index in [9.17, 15) is 19.5 Å². The number of esters is 1. The lowest BCUT2D eigenvalue weighted by molar-refractivity contribution is -0.157. The Morgan fingerprint density at radius 3 is 2.76 bits per heavy atom. The summed E-state index contributed by atoms with van der Waals surface area (Å²) in [5.74, 6) is -0.245. The number of hydrogen-bond donors (Lipinski definition) is 1.